The number of benzene rings is 2. The van der Waals surface area contributed by atoms with Crippen molar-refractivity contribution in [2.45, 2.75) is 19.8 Å². The van der Waals surface area contributed by atoms with E-state index < -0.39 is 0 Å². The van der Waals surface area contributed by atoms with Crippen LogP contribution in [0.25, 0.3) is 0 Å². The molecule has 0 aromatic heterocycles. The number of nitrogens with one attached hydrogen (secondary N) is 1. The van der Waals surface area contributed by atoms with Crippen molar-refractivity contribution < 1.29 is 4.79 Å². The molecule has 0 spiro atoms. The molecule has 1 amide bonds. The molecule has 2 aromatic rings. The number of nitrogens with zero attached hydrogens (tertiary/aromatic N) is 1. The molecule has 0 aliphatic carbocycles. The Bertz CT molecular complexity index is 576. The second-order valence-corrected chi connectivity index (χ2v) is 5.52. The molecule has 0 saturated carbocycles. The van der Waals surface area contributed by atoms with Crippen LogP contribution in [0.3, 0.4) is 0 Å². The van der Waals surface area contributed by atoms with Crippen LogP contribution in [0.4, 0.5) is 11.4 Å². The molecule has 3 heteroatoms. The van der Waals surface area contributed by atoms with Gasteiger partial charge in [-0.25, -0.2) is 0 Å². The lowest BCUT2D eigenvalue weighted by molar-refractivity contribution is -0.114. The van der Waals surface area contributed by atoms with Crippen LogP contribution >= 0.6 is 0 Å². The van der Waals surface area contributed by atoms with Crippen molar-refractivity contribution in [3.63, 3.8) is 0 Å². The van der Waals surface area contributed by atoms with Crippen LogP contribution in [-0.4, -0.2) is 19.5 Å². The Hall–Kier alpha value is -2.29. The van der Waals surface area contributed by atoms with Crippen molar-refractivity contribution in [3.8, 4) is 0 Å². The maximum Gasteiger partial charge on any atom is 0.243 e. The standard InChI is InChI=1S/C18H22N2O/c1-14(2)15-9-11-16(12-10-15)19-18(21)13-20(3)17-7-5-4-6-8-17/h4-12,14H,13H2,1-3H3,(H,19,21). The highest BCUT2D eigenvalue weighted by atomic mass is 16.2. The van der Waals surface area contributed by atoms with Crippen molar-refractivity contribution >= 4 is 17.3 Å². The summed E-state index contributed by atoms with van der Waals surface area (Å²) in [7, 11) is 1.91. The Morgan fingerprint density at radius 2 is 1.67 bits per heavy atom. The average Bonchev–Trinajstić information content (AvgIpc) is 2.48. The summed E-state index contributed by atoms with van der Waals surface area (Å²) >= 11 is 0. The van der Waals surface area contributed by atoms with Gasteiger partial charge in [-0.15, -0.1) is 0 Å². The first-order valence-corrected chi connectivity index (χ1v) is 7.22. The minimum absolute atomic E-state index is 0.0151. The molecule has 0 heterocycles. The fourth-order valence-electron chi connectivity index (χ4n) is 2.14. The molecule has 2 aromatic carbocycles. The molecule has 0 aliphatic heterocycles. The maximum absolute atomic E-state index is 12.1. The molecule has 0 radical (unpaired) electrons. The maximum atomic E-state index is 12.1. The second kappa shape index (κ2) is 6.93. The molecule has 0 bridgehead atoms. The lowest BCUT2D eigenvalue weighted by Gasteiger charge is -2.18. The quantitative estimate of drug-likeness (QED) is 0.902. The van der Waals surface area contributed by atoms with E-state index in [1.54, 1.807) is 0 Å². The van der Waals surface area contributed by atoms with Crippen LogP contribution in [-0.2, 0) is 4.79 Å². The summed E-state index contributed by atoms with van der Waals surface area (Å²) in [6.45, 7) is 4.64. The predicted molar refractivity (Wildman–Crippen MR) is 88.9 cm³/mol. The van der Waals surface area contributed by atoms with E-state index in [0.29, 0.717) is 12.5 Å². The van der Waals surface area contributed by atoms with E-state index in [2.05, 4.69) is 31.3 Å². The Morgan fingerprint density at radius 3 is 2.24 bits per heavy atom. The van der Waals surface area contributed by atoms with E-state index in [9.17, 15) is 4.79 Å². The number of hydrogen-bond donors (Lipinski definition) is 1. The zero-order valence-electron chi connectivity index (χ0n) is 12.8. The van der Waals surface area contributed by atoms with Gasteiger partial charge in [0.1, 0.15) is 0 Å². The highest BCUT2D eigenvalue weighted by molar-refractivity contribution is 5.94. The summed E-state index contributed by atoms with van der Waals surface area (Å²) in [6.07, 6.45) is 0. The number of anilines is 2. The van der Waals surface area contributed by atoms with E-state index in [1.165, 1.54) is 5.56 Å². The van der Waals surface area contributed by atoms with Gasteiger partial charge in [-0.3, -0.25) is 4.79 Å². The van der Waals surface area contributed by atoms with Gasteiger partial charge < -0.3 is 10.2 Å². The van der Waals surface area contributed by atoms with Crippen LogP contribution in [0.15, 0.2) is 54.6 Å². The number of hydrogen-bond acceptors (Lipinski definition) is 2. The summed E-state index contributed by atoms with van der Waals surface area (Å²) in [6, 6.07) is 17.9. The highest BCUT2D eigenvalue weighted by Crippen LogP contribution is 2.17. The monoisotopic (exact) mass is 282 g/mol. The summed E-state index contributed by atoms with van der Waals surface area (Å²) in [4.78, 5) is 14.0. The minimum atomic E-state index is -0.0151. The zero-order chi connectivity index (χ0) is 15.2. The van der Waals surface area contributed by atoms with Gasteiger partial charge in [0, 0.05) is 18.4 Å². The summed E-state index contributed by atoms with van der Waals surface area (Å²) < 4.78 is 0. The molecule has 110 valence electrons. The summed E-state index contributed by atoms with van der Waals surface area (Å²) in [5.41, 5.74) is 3.14. The Labute approximate surface area is 126 Å². The highest BCUT2D eigenvalue weighted by Gasteiger charge is 2.07. The first-order chi connectivity index (χ1) is 10.1. The van der Waals surface area contributed by atoms with Crippen molar-refractivity contribution in [2.75, 3.05) is 23.8 Å². The van der Waals surface area contributed by atoms with E-state index in [0.717, 1.165) is 11.4 Å². The molecule has 21 heavy (non-hydrogen) atoms. The van der Waals surface area contributed by atoms with Gasteiger partial charge in [-0.2, -0.15) is 0 Å². The molecule has 0 unspecified atom stereocenters. The number of amides is 1. The van der Waals surface area contributed by atoms with Crippen LogP contribution in [0.1, 0.15) is 25.3 Å². The third-order valence-electron chi connectivity index (χ3n) is 3.44. The second-order valence-electron chi connectivity index (χ2n) is 5.52. The molecule has 0 atom stereocenters. The topological polar surface area (TPSA) is 32.3 Å². The zero-order valence-corrected chi connectivity index (χ0v) is 12.8. The van der Waals surface area contributed by atoms with Crippen molar-refractivity contribution in [1.82, 2.24) is 0 Å². The number of para-hydroxylation sites is 1. The fourth-order valence-corrected chi connectivity index (χ4v) is 2.14. The first kappa shape index (κ1) is 15.1. The lowest BCUT2D eigenvalue weighted by Crippen LogP contribution is -2.29. The molecule has 2 rings (SSSR count). The van der Waals surface area contributed by atoms with Gasteiger partial charge >= 0.3 is 0 Å². The van der Waals surface area contributed by atoms with Crippen molar-refractivity contribution in [1.29, 1.82) is 0 Å². The van der Waals surface area contributed by atoms with E-state index >= 15 is 0 Å². The SMILES string of the molecule is CC(C)c1ccc(NC(=O)CN(C)c2ccccc2)cc1. The van der Waals surface area contributed by atoms with Crippen LogP contribution in [0.2, 0.25) is 0 Å². The van der Waals surface area contributed by atoms with E-state index in [-0.39, 0.29) is 5.91 Å². The first-order valence-electron chi connectivity index (χ1n) is 7.22. The largest absolute Gasteiger partial charge is 0.365 e. The van der Waals surface area contributed by atoms with E-state index in [4.69, 9.17) is 0 Å². The Balaban J connectivity index is 1.92. The van der Waals surface area contributed by atoms with Gasteiger partial charge in [0.25, 0.3) is 0 Å². The van der Waals surface area contributed by atoms with Gasteiger partial charge in [-0.1, -0.05) is 44.2 Å². The van der Waals surface area contributed by atoms with Gasteiger partial charge in [0.05, 0.1) is 6.54 Å². The fraction of sp³-hybridized carbons (Fsp3) is 0.278. The Morgan fingerprint density at radius 1 is 1.05 bits per heavy atom. The smallest absolute Gasteiger partial charge is 0.243 e. The summed E-state index contributed by atoms with van der Waals surface area (Å²) in [5.74, 6) is 0.484. The van der Waals surface area contributed by atoms with Gasteiger partial charge in [0.2, 0.25) is 5.91 Å². The molecular weight excluding hydrogens is 260 g/mol. The van der Waals surface area contributed by atoms with Crippen LogP contribution in [0.5, 0.6) is 0 Å². The molecule has 0 saturated heterocycles. The number of rotatable bonds is 5. The molecular formula is C18H22N2O. The summed E-state index contributed by atoms with van der Waals surface area (Å²) in [5, 5.41) is 2.93. The van der Waals surface area contributed by atoms with Crippen LogP contribution < -0.4 is 10.2 Å². The Kier molecular flexibility index (Phi) is 4.99. The minimum Gasteiger partial charge on any atom is -0.365 e. The molecule has 0 aliphatic rings. The van der Waals surface area contributed by atoms with Crippen molar-refractivity contribution in [3.05, 3.63) is 60.2 Å². The van der Waals surface area contributed by atoms with E-state index in [1.807, 2.05) is 54.4 Å². The third kappa shape index (κ3) is 4.35. The molecule has 3 nitrogen and oxygen atoms in total. The number of carbonyl (C=O) groups excluding carboxylic acids is 1. The third-order valence-corrected chi connectivity index (χ3v) is 3.44. The molecule has 0 fully saturated rings. The lowest BCUT2D eigenvalue weighted by atomic mass is 10.0. The predicted octanol–water partition coefficient (Wildman–Crippen LogP) is 3.88. The number of carbonyl (C=O) groups is 1. The average molecular weight is 282 g/mol. The number of likely N-dealkylation sites (N-methyl/N-ethyl adjacent to an activating group) is 1. The molecule has 1 N–H and O–H groups in total. The van der Waals surface area contributed by atoms with Crippen LogP contribution in [0, 0.1) is 0 Å². The normalized spacial score (nSPS) is 10.5. The van der Waals surface area contributed by atoms with Gasteiger partial charge in [0.15, 0.2) is 0 Å². The van der Waals surface area contributed by atoms with Crippen molar-refractivity contribution in [2.24, 2.45) is 0 Å². The van der Waals surface area contributed by atoms with Gasteiger partial charge in [-0.05, 0) is 35.7 Å².